The highest BCUT2D eigenvalue weighted by molar-refractivity contribution is 7.89. The Morgan fingerprint density at radius 2 is 1.85 bits per heavy atom. The first-order chi connectivity index (χ1) is 12.4. The zero-order valence-corrected chi connectivity index (χ0v) is 15.0. The van der Waals surface area contributed by atoms with Crippen molar-refractivity contribution < 1.29 is 13.2 Å². The highest BCUT2D eigenvalue weighted by atomic mass is 32.2. The molecule has 0 unspecified atom stereocenters. The number of nitrogens with one attached hydrogen (secondary N) is 2. The molecule has 0 radical (unpaired) electrons. The second-order valence-electron chi connectivity index (χ2n) is 5.67. The molecular formula is C18H17N3O4S. The van der Waals surface area contributed by atoms with Gasteiger partial charge >= 0.3 is 0 Å². The third-order valence-corrected chi connectivity index (χ3v) is 5.03. The number of H-pyrrole nitrogens is 1. The number of benzene rings is 2. The van der Waals surface area contributed by atoms with Crippen LogP contribution in [0.2, 0.25) is 0 Å². The number of fused-ring (bicyclic) bond motifs is 1. The van der Waals surface area contributed by atoms with E-state index in [-0.39, 0.29) is 16.0 Å². The molecule has 0 fully saturated rings. The van der Waals surface area contributed by atoms with E-state index in [1.807, 2.05) is 6.92 Å². The zero-order chi connectivity index (χ0) is 18.7. The van der Waals surface area contributed by atoms with Gasteiger partial charge < -0.3 is 9.72 Å². The molecule has 0 saturated heterocycles. The van der Waals surface area contributed by atoms with Crippen LogP contribution in [0.5, 0.6) is 5.75 Å². The highest BCUT2D eigenvalue weighted by Gasteiger charge is 2.12. The summed E-state index contributed by atoms with van der Waals surface area (Å²) >= 11 is 0. The minimum absolute atomic E-state index is 0.0970. The number of pyridine rings is 1. The second kappa shape index (κ2) is 7.01. The number of hydrazone groups is 1. The molecule has 0 aliphatic carbocycles. The maximum absolute atomic E-state index is 12.2. The molecule has 3 aromatic rings. The molecule has 26 heavy (non-hydrogen) atoms. The molecule has 0 bridgehead atoms. The van der Waals surface area contributed by atoms with Crippen LogP contribution in [0.25, 0.3) is 10.9 Å². The van der Waals surface area contributed by atoms with Crippen LogP contribution >= 0.6 is 0 Å². The van der Waals surface area contributed by atoms with Gasteiger partial charge in [-0.1, -0.05) is 17.7 Å². The summed E-state index contributed by atoms with van der Waals surface area (Å²) in [6, 6.07) is 13.3. The van der Waals surface area contributed by atoms with Crippen LogP contribution in [0.4, 0.5) is 0 Å². The second-order valence-corrected chi connectivity index (χ2v) is 7.33. The Morgan fingerprint density at radius 1 is 1.12 bits per heavy atom. The van der Waals surface area contributed by atoms with Gasteiger partial charge in [0, 0.05) is 6.07 Å². The van der Waals surface area contributed by atoms with E-state index in [2.05, 4.69) is 14.9 Å². The van der Waals surface area contributed by atoms with Crippen LogP contribution in [-0.4, -0.2) is 26.7 Å². The van der Waals surface area contributed by atoms with Gasteiger partial charge in [0.15, 0.2) is 0 Å². The number of hydrogen-bond acceptors (Lipinski definition) is 5. The summed E-state index contributed by atoms with van der Waals surface area (Å²) < 4.78 is 29.5. The zero-order valence-electron chi connectivity index (χ0n) is 14.2. The third kappa shape index (κ3) is 3.75. The maximum atomic E-state index is 12.2. The van der Waals surface area contributed by atoms with Crippen molar-refractivity contribution in [1.29, 1.82) is 0 Å². The van der Waals surface area contributed by atoms with Crippen LogP contribution in [0, 0.1) is 6.92 Å². The van der Waals surface area contributed by atoms with Gasteiger partial charge in [-0.3, -0.25) is 4.79 Å². The molecule has 0 atom stereocenters. The van der Waals surface area contributed by atoms with Gasteiger partial charge in [-0.05, 0) is 42.6 Å². The first kappa shape index (κ1) is 17.7. The molecule has 3 rings (SSSR count). The van der Waals surface area contributed by atoms with Crippen molar-refractivity contribution >= 4 is 27.1 Å². The standard InChI is InChI=1S/C18H17N3O4S/c1-12-3-7-16(8-4-12)26(23,24)21-19-11-14-9-13-5-6-15(25-2)10-17(13)20-18(14)22/h3-11,21H,1-2H3,(H,20,22). The van der Waals surface area contributed by atoms with E-state index < -0.39 is 10.0 Å². The lowest BCUT2D eigenvalue weighted by atomic mass is 10.1. The predicted molar refractivity (Wildman–Crippen MR) is 100 cm³/mol. The number of rotatable bonds is 5. The Labute approximate surface area is 150 Å². The number of aromatic nitrogens is 1. The molecule has 0 saturated carbocycles. The van der Waals surface area contributed by atoms with E-state index in [0.717, 1.165) is 10.9 Å². The van der Waals surface area contributed by atoms with Crippen molar-refractivity contribution in [2.24, 2.45) is 5.10 Å². The van der Waals surface area contributed by atoms with E-state index in [1.165, 1.54) is 18.3 Å². The summed E-state index contributed by atoms with van der Waals surface area (Å²) in [5.41, 5.74) is 1.41. The van der Waals surface area contributed by atoms with Gasteiger partial charge in [0.05, 0.1) is 29.3 Å². The van der Waals surface area contributed by atoms with Crippen LogP contribution in [-0.2, 0) is 10.0 Å². The molecule has 0 spiro atoms. The molecule has 1 heterocycles. The summed E-state index contributed by atoms with van der Waals surface area (Å²) in [5.74, 6) is 0.625. The quantitative estimate of drug-likeness (QED) is 0.530. The SMILES string of the molecule is COc1ccc2cc(C=NNS(=O)(=O)c3ccc(C)cc3)c(=O)[nH]c2c1. The van der Waals surface area contributed by atoms with Crippen LogP contribution in [0.1, 0.15) is 11.1 Å². The molecule has 0 aliphatic rings. The Morgan fingerprint density at radius 3 is 2.54 bits per heavy atom. The molecular weight excluding hydrogens is 354 g/mol. The summed E-state index contributed by atoms with van der Waals surface area (Å²) in [6.07, 6.45) is 1.17. The number of aromatic amines is 1. The Bertz CT molecular complexity index is 1130. The normalized spacial score (nSPS) is 11.8. The Balaban J connectivity index is 1.85. The van der Waals surface area contributed by atoms with Crippen molar-refractivity contribution in [3.8, 4) is 5.75 Å². The van der Waals surface area contributed by atoms with Crippen LogP contribution in [0.15, 0.2) is 63.3 Å². The molecule has 8 heteroatoms. The summed E-state index contributed by atoms with van der Waals surface area (Å²) in [7, 11) is -2.25. The van der Waals surface area contributed by atoms with Gasteiger partial charge in [0.25, 0.3) is 15.6 Å². The van der Waals surface area contributed by atoms with E-state index in [0.29, 0.717) is 11.3 Å². The van der Waals surface area contributed by atoms with Gasteiger partial charge in [-0.15, -0.1) is 0 Å². The summed E-state index contributed by atoms with van der Waals surface area (Å²) in [5, 5.41) is 4.48. The van der Waals surface area contributed by atoms with Crippen molar-refractivity contribution in [2.75, 3.05) is 7.11 Å². The van der Waals surface area contributed by atoms with E-state index in [9.17, 15) is 13.2 Å². The Hall–Kier alpha value is -3.13. The molecule has 7 nitrogen and oxygen atoms in total. The van der Waals surface area contributed by atoms with E-state index >= 15 is 0 Å². The van der Waals surface area contributed by atoms with Crippen LogP contribution < -0.4 is 15.1 Å². The molecule has 2 N–H and O–H groups in total. The fraction of sp³-hybridized carbons (Fsp3) is 0.111. The number of aryl methyl sites for hydroxylation is 1. The summed E-state index contributed by atoms with van der Waals surface area (Å²) in [6.45, 7) is 1.86. The van der Waals surface area contributed by atoms with Crippen molar-refractivity contribution in [1.82, 2.24) is 9.82 Å². The maximum Gasteiger partial charge on any atom is 0.276 e. The van der Waals surface area contributed by atoms with Gasteiger partial charge in [0.2, 0.25) is 0 Å². The van der Waals surface area contributed by atoms with Crippen molar-refractivity contribution in [3.05, 3.63) is 70.0 Å². The van der Waals surface area contributed by atoms with Crippen LogP contribution in [0.3, 0.4) is 0 Å². The number of methoxy groups -OCH3 is 1. The molecule has 134 valence electrons. The first-order valence-corrected chi connectivity index (χ1v) is 9.20. The first-order valence-electron chi connectivity index (χ1n) is 7.72. The van der Waals surface area contributed by atoms with Gasteiger partial charge in [-0.2, -0.15) is 13.5 Å². The molecule has 2 aromatic carbocycles. The number of ether oxygens (including phenoxy) is 1. The molecule has 0 aliphatic heterocycles. The molecule has 1 aromatic heterocycles. The monoisotopic (exact) mass is 371 g/mol. The molecule has 0 amide bonds. The number of sulfonamides is 1. The lowest BCUT2D eigenvalue weighted by Crippen LogP contribution is -2.19. The smallest absolute Gasteiger partial charge is 0.276 e. The fourth-order valence-corrected chi connectivity index (χ4v) is 3.15. The number of nitrogens with zero attached hydrogens (tertiary/aromatic N) is 1. The lowest BCUT2D eigenvalue weighted by molar-refractivity contribution is 0.415. The van der Waals surface area contributed by atoms with E-state index in [1.54, 1.807) is 43.5 Å². The average Bonchev–Trinajstić information content (AvgIpc) is 2.62. The fourth-order valence-electron chi connectivity index (χ4n) is 2.36. The minimum Gasteiger partial charge on any atom is -0.497 e. The van der Waals surface area contributed by atoms with E-state index in [4.69, 9.17) is 4.74 Å². The predicted octanol–water partition coefficient (Wildman–Crippen LogP) is 2.16. The topological polar surface area (TPSA) is 101 Å². The number of hydrogen-bond donors (Lipinski definition) is 2. The van der Waals surface area contributed by atoms with Crippen molar-refractivity contribution in [2.45, 2.75) is 11.8 Å². The average molecular weight is 371 g/mol. The largest absolute Gasteiger partial charge is 0.497 e. The van der Waals surface area contributed by atoms with Gasteiger partial charge in [-0.25, -0.2) is 4.83 Å². The Kier molecular flexibility index (Phi) is 4.77. The summed E-state index contributed by atoms with van der Waals surface area (Å²) in [4.78, 5) is 17.0. The highest BCUT2D eigenvalue weighted by Crippen LogP contribution is 2.18. The minimum atomic E-state index is -3.79. The third-order valence-electron chi connectivity index (χ3n) is 3.79. The van der Waals surface area contributed by atoms with Crippen molar-refractivity contribution in [3.63, 3.8) is 0 Å². The van der Waals surface area contributed by atoms with Gasteiger partial charge in [0.1, 0.15) is 5.75 Å². The lowest BCUT2D eigenvalue weighted by Gasteiger charge is -2.04.